The van der Waals surface area contributed by atoms with Gasteiger partial charge in [-0.3, -0.25) is 9.69 Å². The summed E-state index contributed by atoms with van der Waals surface area (Å²) in [5.74, 6) is 1.42. The Bertz CT molecular complexity index is 1280. The predicted molar refractivity (Wildman–Crippen MR) is 132 cm³/mol. The van der Waals surface area contributed by atoms with E-state index in [4.69, 9.17) is 26.8 Å². The minimum atomic E-state index is 0.000924. The summed E-state index contributed by atoms with van der Waals surface area (Å²) in [4.78, 5) is 15.7. The van der Waals surface area contributed by atoms with E-state index in [9.17, 15) is 4.79 Å². The van der Waals surface area contributed by atoms with Gasteiger partial charge >= 0.3 is 0 Å². The van der Waals surface area contributed by atoms with Gasteiger partial charge < -0.3 is 9.47 Å². The number of carbonyl (C=O) groups excluding carboxylic acids is 1. The summed E-state index contributed by atoms with van der Waals surface area (Å²) in [6, 6.07) is 15.9. The summed E-state index contributed by atoms with van der Waals surface area (Å²) in [7, 11) is 0. The molecule has 2 aromatic carbocycles. The summed E-state index contributed by atoms with van der Waals surface area (Å²) < 4.78 is 13.5. The first-order valence-corrected chi connectivity index (χ1v) is 12.2. The molecule has 0 radical (unpaired) electrons. The van der Waals surface area contributed by atoms with Gasteiger partial charge in [-0.05, 0) is 49.2 Å². The maximum Gasteiger partial charge on any atom is 0.266 e. The second kappa shape index (κ2) is 8.35. The standard InChI is InChI=1S/C25H21N3O3S2/c29-24-22(33-25(32)28(24)19-8-4-5-9-19)13-17-14-27(18-6-2-1-3-7-18)26-23(17)16-10-11-20-21(12-16)31-15-30-20/h1-3,6-7,10-14,19H,4-5,8-9,15H2/b22-13-. The van der Waals surface area contributed by atoms with Crippen molar-refractivity contribution in [1.82, 2.24) is 14.7 Å². The number of amides is 1. The number of hydrogen-bond donors (Lipinski definition) is 0. The molecule has 2 fully saturated rings. The topological polar surface area (TPSA) is 56.6 Å². The maximum absolute atomic E-state index is 13.3. The molecule has 2 aliphatic heterocycles. The molecular formula is C25H21N3O3S2. The van der Waals surface area contributed by atoms with Crippen LogP contribution in [0.3, 0.4) is 0 Å². The van der Waals surface area contributed by atoms with Gasteiger partial charge in [-0.1, -0.05) is 55.0 Å². The zero-order valence-electron chi connectivity index (χ0n) is 17.8. The quantitative estimate of drug-likeness (QED) is 0.371. The Labute approximate surface area is 201 Å². The molecule has 0 N–H and O–H groups in total. The summed E-state index contributed by atoms with van der Waals surface area (Å²) in [6.45, 7) is 0.216. The Morgan fingerprint density at radius 2 is 1.85 bits per heavy atom. The molecule has 1 amide bonds. The van der Waals surface area contributed by atoms with Crippen molar-refractivity contribution in [1.29, 1.82) is 0 Å². The van der Waals surface area contributed by atoms with Crippen molar-refractivity contribution in [2.45, 2.75) is 31.7 Å². The number of ether oxygens (including phenoxy) is 2. The van der Waals surface area contributed by atoms with Crippen LogP contribution in [0.1, 0.15) is 31.2 Å². The molecule has 3 heterocycles. The maximum atomic E-state index is 13.3. The smallest absolute Gasteiger partial charge is 0.266 e. The van der Waals surface area contributed by atoms with Crippen LogP contribution in [-0.2, 0) is 4.79 Å². The van der Waals surface area contributed by atoms with Gasteiger partial charge in [0.2, 0.25) is 6.79 Å². The van der Waals surface area contributed by atoms with E-state index in [-0.39, 0.29) is 18.7 Å². The molecule has 8 heteroatoms. The fourth-order valence-electron chi connectivity index (χ4n) is 4.57. The fourth-order valence-corrected chi connectivity index (χ4v) is 5.96. The number of thioether (sulfide) groups is 1. The number of rotatable bonds is 4. The molecule has 6 rings (SSSR count). The first kappa shape index (κ1) is 20.5. The number of thiocarbonyl (C=S) groups is 1. The fraction of sp³-hybridized carbons (Fsp3) is 0.240. The molecular weight excluding hydrogens is 454 g/mol. The predicted octanol–water partition coefficient (Wildman–Crippen LogP) is 5.41. The molecule has 3 aromatic rings. The second-order valence-corrected chi connectivity index (χ2v) is 9.95. The van der Waals surface area contributed by atoms with Gasteiger partial charge in [-0.25, -0.2) is 4.68 Å². The van der Waals surface area contributed by atoms with Crippen LogP contribution in [0.5, 0.6) is 11.5 Å². The molecule has 166 valence electrons. The van der Waals surface area contributed by atoms with Gasteiger partial charge in [0.15, 0.2) is 11.5 Å². The average Bonchev–Trinajstić information content (AvgIpc) is 3.62. The highest BCUT2D eigenvalue weighted by atomic mass is 32.2. The van der Waals surface area contributed by atoms with Gasteiger partial charge in [-0.15, -0.1) is 0 Å². The molecule has 0 unspecified atom stereocenters. The number of fused-ring (bicyclic) bond motifs is 1. The van der Waals surface area contributed by atoms with Crippen molar-refractivity contribution in [2.75, 3.05) is 6.79 Å². The minimum absolute atomic E-state index is 0.000924. The van der Waals surface area contributed by atoms with Crippen molar-refractivity contribution < 1.29 is 14.3 Å². The zero-order chi connectivity index (χ0) is 22.4. The molecule has 0 atom stereocenters. The van der Waals surface area contributed by atoms with Crippen LogP contribution >= 0.6 is 24.0 Å². The summed E-state index contributed by atoms with van der Waals surface area (Å²) in [6.07, 6.45) is 8.22. The van der Waals surface area contributed by atoms with Gasteiger partial charge in [-0.2, -0.15) is 5.10 Å². The van der Waals surface area contributed by atoms with E-state index in [2.05, 4.69) is 0 Å². The van der Waals surface area contributed by atoms with E-state index in [1.54, 1.807) is 0 Å². The lowest BCUT2D eigenvalue weighted by Crippen LogP contribution is -2.36. The second-order valence-electron chi connectivity index (χ2n) is 8.27. The molecule has 1 saturated heterocycles. The molecule has 6 nitrogen and oxygen atoms in total. The third-order valence-electron chi connectivity index (χ3n) is 6.21. The SMILES string of the molecule is O=C1/C(=C/c2cn(-c3ccccc3)nc2-c2ccc3c(c2)OCO3)SC(=S)N1C1CCCC1. The molecule has 0 bridgehead atoms. The Morgan fingerprint density at radius 3 is 2.67 bits per heavy atom. The van der Waals surface area contributed by atoms with Crippen molar-refractivity contribution in [3.05, 3.63) is 65.2 Å². The highest BCUT2D eigenvalue weighted by Crippen LogP contribution is 2.40. The number of benzene rings is 2. The zero-order valence-corrected chi connectivity index (χ0v) is 19.4. The van der Waals surface area contributed by atoms with Crippen LogP contribution in [0.15, 0.2) is 59.6 Å². The van der Waals surface area contributed by atoms with E-state index >= 15 is 0 Å². The Morgan fingerprint density at radius 1 is 1.06 bits per heavy atom. The molecule has 0 spiro atoms. The molecule has 3 aliphatic rings. The van der Waals surface area contributed by atoms with Crippen LogP contribution in [0.4, 0.5) is 0 Å². The van der Waals surface area contributed by atoms with E-state index in [1.165, 1.54) is 11.8 Å². The van der Waals surface area contributed by atoms with Crippen molar-refractivity contribution in [3.8, 4) is 28.4 Å². The largest absolute Gasteiger partial charge is 0.454 e. The van der Waals surface area contributed by atoms with Crippen LogP contribution in [-0.4, -0.2) is 37.7 Å². The number of hydrogen-bond acceptors (Lipinski definition) is 6. The number of carbonyl (C=O) groups is 1. The van der Waals surface area contributed by atoms with Crippen LogP contribution < -0.4 is 9.47 Å². The average molecular weight is 476 g/mol. The highest BCUT2D eigenvalue weighted by molar-refractivity contribution is 8.26. The van der Waals surface area contributed by atoms with Gasteiger partial charge in [0.05, 0.1) is 10.6 Å². The van der Waals surface area contributed by atoms with Gasteiger partial charge in [0.1, 0.15) is 10.0 Å². The number of nitrogens with zero attached hydrogens (tertiary/aromatic N) is 3. The normalized spacial score (nSPS) is 19.3. The first-order valence-electron chi connectivity index (χ1n) is 11.0. The van der Waals surface area contributed by atoms with E-state index in [1.807, 2.05) is 70.4 Å². The lowest BCUT2D eigenvalue weighted by Gasteiger charge is -2.21. The summed E-state index contributed by atoms with van der Waals surface area (Å²) >= 11 is 6.97. The molecule has 1 aliphatic carbocycles. The van der Waals surface area contributed by atoms with Gasteiger partial charge in [0.25, 0.3) is 5.91 Å². The Balaban J connectivity index is 1.42. The van der Waals surface area contributed by atoms with Crippen molar-refractivity contribution in [3.63, 3.8) is 0 Å². The van der Waals surface area contributed by atoms with Crippen LogP contribution in [0.25, 0.3) is 23.0 Å². The lowest BCUT2D eigenvalue weighted by atomic mass is 10.1. The van der Waals surface area contributed by atoms with Gasteiger partial charge in [0, 0.05) is 23.4 Å². The third kappa shape index (κ3) is 3.73. The highest BCUT2D eigenvalue weighted by Gasteiger charge is 2.38. The third-order valence-corrected chi connectivity index (χ3v) is 7.54. The van der Waals surface area contributed by atoms with E-state index < -0.39 is 0 Å². The van der Waals surface area contributed by atoms with E-state index in [0.29, 0.717) is 15.0 Å². The Kier molecular flexibility index (Phi) is 5.19. The number of aromatic nitrogens is 2. The minimum Gasteiger partial charge on any atom is -0.454 e. The Hall–Kier alpha value is -3.10. The molecule has 1 saturated carbocycles. The molecule has 1 aromatic heterocycles. The first-order chi connectivity index (χ1) is 16.2. The molecule has 33 heavy (non-hydrogen) atoms. The van der Waals surface area contributed by atoms with E-state index in [0.717, 1.165) is 53.9 Å². The summed E-state index contributed by atoms with van der Waals surface area (Å²) in [5, 5.41) is 4.87. The van der Waals surface area contributed by atoms with Crippen molar-refractivity contribution in [2.24, 2.45) is 0 Å². The number of para-hydroxylation sites is 1. The van der Waals surface area contributed by atoms with Crippen LogP contribution in [0.2, 0.25) is 0 Å². The van der Waals surface area contributed by atoms with Crippen LogP contribution in [0, 0.1) is 0 Å². The van der Waals surface area contributed by atoms with Crippen molar-refractivity contribution >= 4 is 40.3 Å². The monoisotopic (exact) mass is 475 g/mol. The lowest BCUT2D eigenvalue weighted by molar-refractivity contribution is -0.123. The summed E-state index contributed by atoms with van der Waals surface area (Å²) in [5.41, 5.74) is 3.46.